The lowest BCUT2D eigenvalue weighted by Gasteiger charge is -2.12. The molecule has 18 heavy (non-hydrogen) atoms. The number of amides is 1. The van der Waals surface area contributed by atoms with Crippen LogP contribution in [0.15, 0.2) is 24.3 Å². The van der Waals surface area contributed by atoms with Crippen LogP contribution < -0.4 is 10.0 Å². The molecule has 1 amide bonds. The number of aryl methyl sites for hydroxylation is 1. The largest absolute Gasteiger partial charge is 0.325 e. The molecule has 0 aromatic heterocycles. The van der Waals surface area contributed by atoms with Gasteiger partial charge in [0, 0.05) is 19.8 Å². The average molecular weight is 271 g/mol. The second-order valence-corrected chi connectivity index (χ2v) is 6.00. The maximum absolute atomic E-state index is 11.5. The Labute approximate surface area is 107 Å². The zero-order chi connectivity index (χ0) is 13.8. The van der Waals surface area contributed by atoms with Gasteiger partial charge in [0.15, 0.2) is 0 Å². The number of nitrogens with one attached hydrogen (secondary N) is 2. The van der Waals surface area contributed by atoms with E-state index in [0.29, 0.717) is 5.69 Å². The fourth-order valence-corrected chi connectivity index (χ4v) is 1.79. The van der Waals surface area contributed by atoms with Crippen molar-refractivity contribution in [3.05, 3.63) is 29.8 Å². The highest BCUT2D eigenvalue weighted by atomic mass is 32.2. The highest BCUT2D eigenvalue weighted by molar-refractivity contribution is 7.87. The smallest absolute Gasteiger partial charge is 0.279 e. The van der Waals surface area contributed by atoms with E-state index in [9.17, 15) is 13.2 Å². The van der Waals surface area contributed by atoms with Crippen molar-refractivity contribution in [2.75, 3.05) is 26.0 Å². The molecule has 100 valence electrons. The standard InChI is InChI=1S/C11H17N3O3S/c1-9-5-4-6-10(7-9)13-11(15)8-12-18(16,17)14(2)3/h4-7,12H,8H2,1-3H3,(H,13,15). The topological polar surface area (TPSA) is 78.5 Å². The summed E-state index contributed by atoms with van der Waals surface area (Å²) in [5.74, 6) is -0.411. The minimum atomic E-state index is -3.57. The zero-order valence-electron chi connectivity index (χ0n) is 10.6. The molecular formula is C11H17N3O3S. The first-order valence-corrected chi connectivity index (χ1v) is 6.79. The van der Waals surface area contributed by atoms with Crippen molar-refractivity contribution in [2.45, 2.75) is 6.92 Å². The second-order valence-electron chi connectivity index (χ2n) is 4.03. The minimum Gasteiger partial charge on any atom is -0.325 e. The Bertz CT molecular complexity index is 526. The first kappa shape index (κ1) is 14.6. The number of carbonyl (C=O) groups is 1. The predicted molar refractivity (Wildman–Crippen MR) is 70.4 cm³/mol. The number of nitrogens with zero attached hydrogens (tertiary/aromatic N) is 1. The lowest BCUT2D eigenvalue weighted by Crippen LogP contribution is -2.40. The summed E-state index contributed by atoms with van der Waals surface area (Å²) in [5.41, 5.74) is 1.66. The molecule has 0 radical (unpaired) electrons. The monoisotopic (exact) mass is 271 g/mol. The fourth-order valence-electron chi connectivity index (χ4n) is 1.21. The Morgan fingerprint density at radius 3 is 2.56 bits per heavy atom. The van der Waals surface area contributed by atoms with Crippen LogP contribution >= 0.6 is 0 Å². The molecule has 0 fully saturated rings. The van der Waals surface area contributed by atoms with Gasteiger partial charge in [-0.3, -0.25) is 4.79 Å². The van der Waals surface area contributed by atoms with Crippen molar-refractivity contribution in [2.24, 2.45) is 0 Å². The van der Waals surface area contributed by atoms with E-state index in [1.165, 1.54) is 14.1 Å². The number of anilines is 1. The Hall–Kier alpha value is -1.44. The van der Waals surface area contributed by atoms with Gasteiger partial charge in [0.1, 0.15) is 0 Å². The van der Waals surface area contributed by atoms with Crippen LogP contribution in [0, 0.1) is 6.92 Å². The summed E-state index contributed by atoms with van der Waals surface area (Å²) in [5, 5.41) is 2.61. The van der Waals surface area contributed by atoms with Crippen LogP contribution in [0.3, 0.4) is 0 Å². The second kappa shape index (κ2) is 5.94. The number of carbonyl (C=O) groups excluding carboxylic acids is 1. The summed E-state index contributed by atoms with van der Waals surface area (Å²) in [6.45, 7) is 1.61. The van der Waals surface area contributed by atoms with Gasteiger partial charge in [0.25, 0.3) is 10.2 Å². The number of hydrogen-bond donors (Lipinski definition) is 2. The lowest BCUT2D eigenvalue weighted by atomic mass is 10.2. The third-order valence-corrected chi connectivity index (χ3v) is 3.67. The van der Waals surface area contributed by atoms with E-state index in [-0.39, 0.29) is 6.54 Å². The molecule has 0 aliphatic carbocycles. The molecule has 1 aromatic rings. The van der Waals surface area contributed by atoms with E-state index in [1.54, 1.807) is 12.1 Å². The van der Waals surface area contributed by atoms with Gasteiger partial charge in [-0.1, -0.05) is 12.1 Å². The third-order valence-electron chi connectivity index (χ3n) is 2.20. The van der Waals surface area contributed by atoms with Gasteiger partial charge in [-0.25, -0.2) is 0 Å². The maximum Gasteiger partial charge on any atom is 0.279 e. The third kappa shape index (κ3) is 4.44. The van der Waals surface area contributed by atoms with Crippen LogP contribution in [0.1, 0.15) is 5.56 Å². The molecule has 0 spiro atoms. The van der Waals surface area contributed by atoms with Crippen molar-refractivity contribution in [3.8, 4) is 0 Å². The Morgan fingerprint density at radius 2 is 2.00 bits per heavy atom. The van der Waals surface area contributed by atoms with Gasteiger partial charge >= 0.3 is 0 Å². The summed E-state index contributed by atoms with van der Waals surface area (Å²) >= 11 is 0. The molecule has 0 atom stereocenters. The number of benzene rings is 1. The molecule has 1 aromatic carbocycles. The number of rotatable bonds is 5. The van der Waals surface area contributed by atoms with E-state index < -0.39 is 16.1 Å². The van der Waals surface area contributed by atoms with E-state index in [1.807, 2.05) is 19.1 Å². The van der Waals surface area contributed by atoms with Crippen molar-refractivity contribution in [1.29, 1.82) is 0 Å². The lowest BCUT2D eigenvalue weighted by molar-refractivity contribution is -0.115. The summed E-state index contributed by atoms with van der Waals surface area (Å²) < 4.78 is 25.9. The first-order valence-electron chi connectivity index (χ1n) is 5.35. The van der Waals surface area contributed by atoms with E-state index in [4.69, 9.17) is 0 Å². The Balaban J connectivity index is 2.53. The van der Waals surface area contributed by atoms with Crippen molar-refractivity contribution in [3.63, 3.8) is 0 Å². The summed E-state index contributed by atoms with van der Waals surface area (Å²) in [6.07, 6.45) is 0. The molecule has 7 heteroatoms. The van der Waals surface area contributed by atoms with Crippen LogP contribution in [0.25, 0.3) is 0 Å². The number of hydrogen-bond acceptors (Lipinski definition) is 3. The highest BCUT2D eigenvalue weighted by Gasteiger charge is 2.14. The highest BCUT2D eigenvalue weighted by Crippen LogP contribution is 2.08. The molecule has 0 heterocycles. The molecule has 2 N–H and O–H groups in total. The van der Waals surface area contributed by atoms with Gasteiger partial charge in [0.2, 0.25) is 5.91 Å². The van der Waals surface area contributed by atoms with Crippen molar-refractivity contribution in [1.82, 2.24) is 9.03 Å². The summed E-state index contributed by atoms with van der Waals surface area (Å²) in [6, 6.07) is 7.27. The van der Waals surface area contributed by atoms with E-state index >= 15 is 0 Å². The maximum atomic E-state index is 11.5. The average Bonchev–Trinajstić information content (AvgIpc) is 2.26. The van der Waals surface area contributed by atoms with E-state index in [0.717, 1.165) is 9.87 Å². The molecule has 0 aliphatic heterocycles. The fraction of sp³-hybridized carbons (Fsp3) is 0.364. The predicted octanol–water partition coefficient (Wildman–Crippen LogP) is 0.330. The van der Waals surface area contributed by atoms with Gasteiger partial charge in [-0.2, -0.15) is 17.4 Å². The molecule has 0 saturated carbocycles. The quantitative estimate of drug-likeness (QED) is 0.810. The first-order chi connectivity index (χ1) is 8.31. The Morgan fingerprint density at radius 1 is 1.33 bits per heavy atom. The summed E-state index contributed by atoms with van der Waals surface area (Å²) in [4.78, 5) is 11.5. The van der Waals surface area contributed by atoms with Crippen LogP contribution in [0.5, 0.6) is 0 Å². The van der Waals surface area contributed by atoms with Gasteiger partial charge in [0.05, 0.1) is 6.54 Å². The van der Waals surface area contributed by atoms with Crippen LogP contribution in [0.2, 0.25) is 0 Å². The van der Waals surface area contributed by atoms with Gasteiger partial charge in [-0.05, 0) is 24.6 Å². The minimum absolute atomic E-state index is 0.297. The van der Waals surface area contributed by atoms with E-state index in [2.05, 4.69) is 10.0 Å². The Kier molecular flexibility index (Phi) is 4.83. The summed E-state index contributed by atoms with van der Waals surface area (Å²) in [7, 11) is -0.792. The molecular weight excluding hydrogens is 254 g/mol. The van der Waals surface area contributed by atoms with Crippen LogP contribution in [-0.4, -0.2) is 39.3 Å². The van der Waals surface area contributed by atoms with Crippen molar-refractivity contribution >= 4 is 21.8 Å². The molecule has 1 rings (SSSR count). The molecule has 0 aliphatic rings. The molecule has 0 bridgehead atoms. The van der Waals surface area contributed by atoms with Crippen molar-refractivity contribution < 1.29 is 13.2 Å². The molecule has 6 nitrogen and oxygen atoms in total. The SMILES string of the molecule is Cc1cccc(NC(=O)CNS(=O)(=O)N(C)C)c1. The van der Waals surface area contributed by atoms with Gasteiger partial charge in [-0.15, -0.1) is 0 Å². The molecule has 0 unspecified atom stereocenters. The zero-order valence-corrected chi connectivity index (χ0v) is 11.4. The normalized spacial score (nSPS) is 11.6. The van der Waals surface area contributed by atoms with Crippen LogP contribution in [0.4, 0.5) is 5.69 Å². The van der Waals surface area contributed by atoms with Gasteiger partial charge < -0.3 is 5.32 Å². The molecule has 0 saturated heterocycles. The van der Waals surface area contributed by atoms with Crippen LogP contribution in [-0.2, 0) is 15.0 Å².